The largest absolute Gasteiger partial charge is 0.336 e. The third-order valence-corrected chi connectivity index (χ3v) is 6.95. The summed E-state index contributed by atoms with van der Waals surface area (Å²) in [7, 11) is 0. The van der Waals surface area contributed by atoms with E-state index in [-0.39, 0.29) is 44.7 Å². The molecule has 3 saturated carbocycles. The van der Waals surface area contributed by atoms with Crippen LogP contribution in [0.25, 0.3) is 0 Å². The second-order valence-corrected chi connectivity index (χ2v) is 9.54. The van der Waals surface area contributed by atoms with Crippen LogP contribution in [-0.2, 0) is 4.79 Å². The Morgan fingerprint density at radius 1 is 1.17 bits per heavy atom. The first-order valence-corrected chi connectivity index (χ1v) is 10.5. The molecule has 1 aliphatic heterocycles. The van der Waals surface area contributed by atoms with Crippen LogP contribution in [0.2, 0.25) is 0 Å². The van der Waals surface area contributed by atoms with Crippen molar-refractivity contribution in [3.63, 3.8) is 0 Å². The molecule has 1 spiro atoms. The molecular weight excluding hydrogens is 404 g/mol. The van der Waals surface area contributed by atoms with Crippen molar-refractivity contribution in [2.75, 3.05) is 13.1 Å². The van der Waals surface area contributed by atoms with Crippen molar-refractivity contribution in [2.24, 2.45) is 11.3 Å². The van der Waals surface area contributed by atoms with Gasteiger partial charge in [0.2, 0.25) is 5.91 Å². The molecule has 1 unspecified atom stereocenters. The van der Waals surface area contributed by atoms with Gasteiger partial charge in [-0.2, -0.15) is 5.26 Å². The van der Waals surface area contributed by atoms with Crippen molar-refractivity contribution >= 4 is 11.9 Å². The lowest BCUT2D eigenvalue weighted by Crippen LogP contribution is -2.56. The average Bonchev–Trinajstić information content (AvgIpc) is 3.59. The Bertz CT molecular complexity index is 765. The van der Waals surface area contributed by atoms with Crippen LogP contribution in [0.1, 0.15) is 57.8 Å². The average molecular weight is 430 g/mol. The van der Waals surface area contributed by atoms with Crippen LogP contribution in [-0.4, -0.2) is 53.4 Å². The highest BCUT2D eigenvalue weighted by atomic mass is 19.3. The van der Waals surface area contributed by atoms with E-state index in [1.165, 1.54) is 4.90 Å². The smallest absolute Gasteiger partial charge is 0.318 e. The van der Waals surface area contributed by atoms with E-state index in [1.54, 1.807) is 0 Å². The minimum Gasteiger partial charge on any atom is -0.336 e. The van der Waals surface area contributed by atoms with Crippen molar-refractivity contribution in [1.82, 2.24) is 15.5 Å². The van der Waals surface area contributed by atoms with Crippen molar-refractivity contribution in [3.8, 4) is 6.07 Å². The van der Waals surface area contributed by atoms with Crippen LogP contribution < -0.4 is 10.6 Å². The van der Waals surface area contributed by atoms with Crippen molar-refractivity contribution in [2.45, 2.75) is 81.2 Å². The number of piperidine rings is 1. The fraction of sp³-hybridized carbons (Fsp3) is 0.850. The monoisotopic (exact) mass is 430 g/mol. The van der Waals surface area contributed by atoms with Gasteiger partial charge in [-0.15, -0.1) is 0 Å². The molecule has 0 radical (unpaired) electrons. The van der Waals surface area contributed by atoms with Gasteiger partial charge < -0.3 is 15.5 Å². The Hall–Kier alpha value is -2.05. The summed E-state index contributed by atoms with van der Waals surface area (Å²) >= 11 is 0. The lowest BCUT2D eigenvalue weighted by molar-refractivity contribution is -0.126. The molecule has 3 aliphatic carbocycles. The van der Waals surface area contributed by atoms with Gasteiger partial charge in [-0.1, -0.05) is 0 Å². The maximum atomic E-state index is 14.5. The zero-order valence-corrected chi connectivity index (χ0v) is 16.7. The summed E-state index contributed by atoms with van der Waals surface area (Å²) in [6.07, 6.45) is 1.29. The van der Waals surface area contributed by atoms with Gasteiger partial charge in [0, 0.05) is 37.8 Å². The highest BCUT2D eigenvalue weighted by Crippen LogP contribution is 2.65. The minimum atomic E-state index is -3.12. The number of hydrogen-bond donors (Lipinski definition) is 2. The first kappa shape index (κ1) is 21.2. The number of carbonyl (C=O) groups excluding carboxylic acids is 2. The lowest BCUT2D eigenvalue weighted by Gasteiger charge is -2.34. The lowest BCUT2D eigenvalue weighted by atomic mass is 9.93. The molecule has 0 aromatic carbocycles. The highest BCUT2D eigenvalue weighted by molar-refractivity contribution is 5.88. The molecule has 0 bridgehead atoms. The van der Waals surface area contributed by atoms with Crippen molar-refractivity contribution < 1.29 is 27.2 Å². The van der Waals surface area contributed by atoms with Crippen molar-refractivity contribution in [1.29, 1.82) is 5.26 Å². The second-order valence-electron chi connectivity index (χ2n) is 9.54. The normalized spacial score (nSPS) is 26.4. The number of nitrogens with one attached hydrogen (secondary N) is 2. The minimum absolute atomic E-state index is 0.0632. The summed E-state index contributed by atoms with van der Waals surface area (Å²) in [6.45, 7) is 0.187. The summed E-state index contributed by atoms with van der Waals surface area (Å²) in [5.41, 5.74) is -2.08. The fourth-order valence-corrected chi connectivity index (χ4v) is 4.35. The number of nitrogens with zero attached hydrogens (tertiary/aromatic N) is 2. The number of rotatable bonds is 7. The van der Waals surface area contributed by atoms with Gasteiger partial charge in [-0.3, -0.25) is 4.79 Å². The number of alkyl halides is 4. The number of urea groups is 1. The molecular formula is C20H26F4N4O2. The molecule has 1 saturated heterocycles. The third-order valence-electron chi connectivity index (χ3n) is 6.95. The van der Waals surface area contributed by atoms with Gasteiger partial charge in [-0.25, -0.2) is 22.4 Å². The van der Waals surface area contributed by atoms with Gasteiger partial charge in [0.25, 0.3) is 11.8 Å². The van der Waals surface area contributed by atoms with Crippen molar-refractivity contribution in [3.05, 3.63) is 0 Å². The molecule has 166 valence electrons. The van der Waals surface area contributed by atoms with E-state index in [4.69, 9.17) is 5.26 Å². The van der Waals surface area contributed by atoms with E-state index < -0.39 is 47.2 Å². The van der Waals surface area contributed by atoms with Gasteiger partial charge >= 0.3 is 6.03 Å². The predicted molar refractivity (Wildman–Crippen MR) is 97.7 cm³/mol. The van der Waals surface area contributed by atoms with Gasteiger partial charge in [0.15, 0.2) is 0 Å². The molecule has 4 aliphatic rings. The quantitative estimate of drug-likeness (QED) is 0.609. The molecule has 10 heteroatoms. The second kappa shape index (κ2) is 6.99. The molecule has 4 rings (SSSR count). The fourth-order valence-electron chi connectivity index (χ4n) is 4.35. The van der Waals surface area contributed by atoms with Gasteiger partial charge in [-0.05, 0) is 44.4 Å². The van der Waals surface area contributed by atoms with E-state index in [2.05, 4.69) is 10.6 Å². The maximum absolute atomic E-state index is 14.5. The van der Waals surface area contributed by atoms with E-state index in [9.17, 15) is 27.2 Å². The Balaban J connectivity index is 1.38. The highest BCUT2D eigenvalue weighted by Gasteiger charge is 2.70. The van der Waals surface area contributed by atoms with E-state index in [1.807, 2.05) is 6.07 Å². The summed E-state index contributed by atoms with van der Waals surface area (Å²) in [4.78, 5) is 26.5. The SMILES string of the molecule is N#CC1(NC(=O)C(CC(F)(F)CC2CC2)NC(=O)N2CCC3(CC2)CC3(F)F)CC1. The predicted octanol–water partition coefficient (Wildman–Crippen LogP) is 3.18. The molecule has 4 fully saturated rings. The van der Waals surface area contributed by atoms with Crippen LogP contribution >= 0.6 is 0 Å². The number of carbonyl (C=O) groups is 2. The molecule has 2 N–H and O–H groups in total. The first-order valence-electron chi connectivity index (χ1n) is 10.5. The number of halogens is 4. The zero-order valence-electron chi connectivity index (χ0n) is 16.7. The number of hydrogen-bond acceptors (Lipinski definition) is 3. The van der Waals surface area contributed by atoms with Crippen LogP contribution in [0.4, 0.5) is 22.4 Å². The van der Waals surface area contributed by atoms with E-state index in [0.717, 1.165) is 12.8 Å². The number of likely N-dealkylation sites (tertiary alicyclic amines) is 1. The van der Waals surface area contributed by atoms with Crippen LogP contribution in [0.15, 0.2) is 0 Å². The third kappa shape index (κ3) is 4.35. The zero-order chi connectivity index (χ0) is 21.8. The first-order chi connectivity index (χ1) is 14.0. The molecule has 1 atom stereocenters. The number of nitriles is 1. The molecule has 30 heavy (non-hydrogen) atoms. The van der Waals surface area contributed by atoms with Gasteiger partial charge in [0.05, 0.1) is 6.07 Å². The molecule has 0 aromatic rings. The molecule has 0 aromatic heterocycles. The summed E-state index contributed by atoms with van der Waals surface area (Å²) < 4.78 is 56.0. The van der Waals surface area contributed by atoms with E-state index in [0.29, 0.717) is 12.8 Å². The van der Waals surface area contributed by atoms with Crippen LogP contribution in [0.3, 0.4) is 0 Å². The maximum Gasteiger partial charge on any atom is 0.318 e. The van der Waals surface area contributed by atoms with Gasteiger partial charge in [0.1, 0.15) is 11.6 Å². The molecule has 1 heterocycles. The Morgan fingerprint density at radius 3 is 2.23 bits per heavy atom. The van der Waals surface area contributed by atoms with Crippen LogP contribution in [0, 0.1) is 22.7 Å². The summed E-state index contributed by atoms with van der Waals surface area (Å²) in [5.74, 6) is -6.69. The topological polar surface area (TPSA) is 85.2 Å². The summed E-state index contributed by atoms with van der Waals surface area (Å²) in [5, 5.41) is 14.0. The molecule has 3 amide bonds. The van der Waals surface area contributed by atoms with Crippen LogP contribution in [0.5, 0.6) is 0 Å². The Morgan fingerprint density at radius 2 is 1.77 bits per heavy atom. The standard InChI is InChI=1S/C20H26F4N4O2/c21-19(22,9-13-1-2-13)10-14(15(29)27-18(12-25)3-4-18)26-16(30)28-7-5-17(6-8-28)11-20(17,23)24/h13-14H,1-11H2,(H,26,30)(H,27,29). The Labute approximate surface area is 172 Å². The summed E-state index contributed by atoms with van der Waals surface area (Å²) in [6, 6.07) is -0.231. The Kier molecular flexibility index (Phi) is 4.94. The van der Waals surface area contributed by atoms with E-state index >= 15 is 0 Å². The number of amides is 3. The molecule has 6 nitrogen and oxygen atoms in total.